The predicted octanol–water partition coefficient (Wildman–Crippen LogP) is 4.29. The predicted molar refractivity (Wildman–Crippen MR) is 113 cm³/mol. The van der Waals surface area contributed by atoms with Gasteiger partial charge in [0.1, 0.15) is 0 Å². The van der Waals surface area contributed by atoms with Gasteiger partial charge in [0.15, 0.2) is 5.65 Å². The molecule has 3 heterocycles. The Bertz CT molecular complexity index is 1110. The third kappa shape index (κ3) is 3.62. The molecule has 0 radical (unpaired) electrons. The number of fused-ring (bicyclic) bond motifs is 2. The number of pyridine rings is 1. The van der Waals surface area contributed by atoms with E-state index in [1.54, 1.807) is 17.5 Å². The van der Waals surface area contributed by atoms with Crippen LogP contribution >= 0.6 is 11.3 Å². The van der Waals surface area contributed by atoms with Gasteiger partial charge in [-0.25, -0.2) is 14.6 Å². The van der Waals surface area contributed by atoms with Crippen LogP contribution < -0.4 is 5.32 Å². The molecule has 0 unspecified atom stereocenters. The second kappa shape index (κ2) is 7.67. The second-order valence-corrected chi connectivity index (χ2v) is 8.27. The molecular weight excluding hydrogens is 370 g/mol. The summed E-state index contributed by atoms with van der Waals surface area (Å²) in [4.78, 5) is 21.9. The number of nitrogens with one attached hydrogen (secondary N) is 1. The first-order chi connectivity index (χ1) is 13.5. The van der Waals surface area contributed by atoms with Crippen LogP contribution in [0.5, 0.6) is 0 Å². The first-order valence-electron chi connectivity index (χ1n) is 9.50. The smallest absolute Gasteiger partial charge is 0.253 e. The number of rotatable bonds is 6. The van der Waals surface area contributed by atoms with Gasteiger partial charge < -0.3 is 5.32 Å². The fourth-order valence-electron chi connectivity index (χ4n) is 3.24. The van der Waals surface area contributed by atoms with Crippen molar-refractivity contribution in [3.63, 3.8) is 0 Å². The Kier molecular flexibility index (Phi) is 5.09. The highest BCUT2D eigenvalue weighted by atomic mass is 32.1. The van der Waals surface area contributed by atoms with Crippen LogP contribution in [-0.2, 0) is 6.42 Å². The summed E-state index contributed by atoms with van der Waals surface area (Å²) in [6.45, 7) is 6.61. The molecule has 1 amide bonds. The molecule has 144 valence electrons. The van der Waals surface area contributed by atoms with Crippen LogP contribution in [0.3, 0.4) is 0 Å². The van der Waals surface area contributed by atoms with E-state index in [1.165, 1.54) is 4.70 Å². The molecule has 0 fully saturated rings. The van der Waals surface area contributed by atoms with E-state index >= 15 is 0 Å². The van der Waals surface area contributed by atoms with Gasteiger partial charge in [-0.05, 0) is 45.4 Å². The topological polar surface area (TPSA) is 72.7 Å². The van der Waals surface area contributed by atoms with Crippen LogP contribution in [0.25, 0.3) is 21.3 Å². The molecular formula is C21H23N5OS. The summed E-state index contributed by atoms with van der Waals surface area (Å²) < 4.78 is 3.08. The average molecular weight is 394 g/mol. The monoisotopic (exact) mass is 393 g/mol. The summed E-state index contributed by atoms with van der Waals surface area (Å²) >= 11 is 1.72. The van der Waals surface area contributed by atoms with Crippen molar-refractivity contribution in [3.05, 3.63) is 52.8 Å². The van der Waals surface area contributed by atoms with Crippen molar-refractivity contribution in [1.29, 1.82) is 0 Å². The van der Waals surface area contributed by atoms with Crippen molar-refractivity contribution >= 4 is 38.5 Å². The van der Waals surface area contributed by atoms with E-state index in [-0.39, 0.29) is 11.9 Å². The van der Waals surface area contributed by atoms with Gasteiger partial charge >= 0.3 is 0 Å². The van der Waals surface area contributed by atoms with Crippen LogP contribution in [0.1, 0.15) is 47.4 Å². The quantitative estimate of drug-likeness (QED) is 0.496. The minimum Gasteiger partial charge on any atom is -0.352 e. The van der Waals surface area contributed by atoms with Crippen LogP contribution in [0.4, 0.5) is 0 Å². The van der Waals surface area contributed by atoms with E-state index in [9.17, 15) is 4.79 Å². The fourth-order valence-corrected chi connectivity index (χ4v) is 4.25. The number of thiazole rings is 1. The maximum absolute atomic E-state index is 12.6. The van der Waals surface area contributed by atoms with Crippen molar-refractivity contribution in [1.82, 2.24) is 25.1 Å². The zero-order valence-electron chi connectivity index (χ0n) is 16.3. The number of amides is 1. The Morgan fingerprint density at radius 3 is 2.86 bits per heavy atom. The lowest BCUT2D eigenvalue weighted by Crippen LogP contribution is -2.25. The highest BCUT2D eigenvalue weighted by molar-refractivity contribution is 7.18. The molecule has 0 aliphatic heterocycles. The van der Waals surface area contributed by atoms with E-state index < -0.39 is 0 Å². The van der Waals surface area contributed by atoms with Crippen LogP contribution in [0.2, 0.25) is 0 Å². The number of aryl methyl sites for hydroxylation is 2. The van der Waals surface area contributed by atoms with Crippen LogP contribution in [0.15, 0.2) is 36.5 Å². The molecule has 0 aliphatic rings. The molecule has 4 rings (SSSR count). The van der Waals surface area contributed by atoms with Gasteiger partial charge in [-0.3, -0.25) is 4.79 Å². The van der Waals surface area contributed by atoms with Gasteiger partial charge in [-0.1, -0.05) is 12.1 Å². The first-order valence-corrected chi connectivity index (χ1v) is 10.3. The minimum atomic E-state index is -0.0894. The van der Waals surface area contributed by atoms with E-state index in [0.717, 1.165) is 40.1 Å². The molecule has 4 aromatic rings. The SMILES string of the molecule is Cc1nc2c(cnn2C(C)C)cc1C(=O)NCCCc1nc2ccccc2s1. The van der Waals surface area contributed by atoms with Crippen LogP contribution in [-0.4, -0.2) is 32.2 Å². The molecule has 1 aromatic carbocycles. The molecule has 0 atom stereocenters. The first kappa shape index (κ1) is 18.6. The zero-order chi connectivity index (χ0) is 19.7. The third-order valence-electron chi connectivity index (χ3n) is 4.68. The molecule has 3 aromatic heterocycles. The van der Waals surface area contributed by atoms with Gasteiger partial charge in [0.25, 0.3) is 5.91 Å². The standard InChI is InChI=1S/C21H23N5OS/c1-13(2)26-20-15(12-23-26)11-16(14(3)24-20)21(27)22-10-6-9-19-25-17-7-4-5-8-18(17)28-19/h4-5,7-8,11-13H,6,9-10H2,1-3H3,(H,22,27). The molecule has 0 spiro atoms. The summed E-state index contributed by atoms with van der Waals surface area (Å²) in [5, 5.41) is 9.38. The lowest BCUT2D eigenvalue weighted by molar-refractivity contribution is 0.0952. The van der Waals surface area contributed by atoms with Gasteiger partial charge in [-0.15, -0.1) is 11.3 Å². The third-order valence-corrected chi connectivity index (χ3v) is 5.78. The molecule has 6 nitrogen and oxygen atoms in total. The molecule has 1 N–H and O–H groups in total. The summed E-state index contributed by atoms with van der Waals surface area (Å²) in [6.07, 6.45) is 3.48. The largest absolute Gasteiger partial charge is 0.352 e. The molecule has 0 saturated heterocycles. The van der Waals surface area contributed by atoms with Crippen molar-refractivity contribution < 1.29 is 4.79 Å². The molecule has 0 aliphatic carbocycles. The fraction of sp³-hybridized carbons (Fsp3) is 0.333. The van der Waals surface area contributed by atoms with E-state index in [0.29, 0.717) is 12.1 Å². The van der Waals surface area contributed by atoms with Gasteiger partial charge in [0.05, 0.1) is 32.7 Å². The summed E-state index contributed by atoms with van der Waals surface area (Å²) in [5.74, 6) is -0.0894. The highest BCUT2D eigenvalue weighted by Crippen LogP contribution is 2.22. The van der Waals surface area contributed by atoms with Gasteiger partial charge in [-0.2, -0.15) is 5.10 Å². The summed E-state index contributed by atoms with van der Waals surface area (Å²) in [5.41, 5.74) is 3.19. The number of nitrogens with zero attached hydrogens (tertiary/aromatic N) is 4. The Morgan fingerprint density at radius 2 is 2.07 bits per heavy atom. The Morgan fingerprint density at radius 1 is 1.25 bits per heavy atom. The van der Waals surface area contributed by atoms with Crippen molar-refractivity contribution in [2.45, 2.75) is 39.7 Å². The number of carbonyl (C=O) groups is 1. The van der Waals surface area contributed by atoms with E-state index in [2.05, 4.69) is 40.3 Å². The van der Waals surface area contributed by atoms with Crippen molar-refractivity contribution in [2.24, 2.45) is 0 Å². The maximum atomic E-state index is 12.6. The molecule has 0 saturated carbocycles. The van der Waals surface area contributed by atoms with Crippen LogP contribution in [0, 0.1) is 6.92 Å². The van der Waals surface area contributed by atoms with Gasteiger partial charge in [0.2, 0.25) is 0 Å². The maximum Gasteiger partial charge on any atom is 0.253 e. The Labute approximate surface area is 167 Å². The second-order valence-electron chi connectivity index (χ2n) is 7.15. The Hall–Kier alpha value is -2.80. The molecule has 28 heavy (non-hydrogen) atoms. The normalized spacial score (nSPS) is 11.6. The van der Waals surface area contributed by atoms with E-state index in [4.69, 9.17) is 0 Å². The number of para-hydroxylation sites is 1. The number of hydrogen-bond acceptors (Lipinski definition) is 5. The Balaban J connectivity index is 1.38. The lowest BCUT2D eigenvalue weighted by atomic mass is 10.1. The number of hydrogen-bond donors (Lipinski definition) is 1. The van der Waals surface area contributed by atoms with Gasteiger partial charge in [0, 0.05) is 24.4 Å². The molecule has 0 bridgehead atoms. The number of benzene rings is 1. The zero-order valence-corrected chi connectivity index (χ0v) is 17.1. The lowest BCUT2D eigenvalue weighted by Gasteiger charge is -2.09. The van der Waals surface area contributed by atoms with Crippen molar-refractivity contribution in [2.75, 3.05) is 6.54 Å². The molecule has 7 heteroatoms. The average Bonchev–Trinajstić information content (AvgIpc) is 3.27. The summed E-state index contributed by atoms with van der Waals surface area (Å²) in [6, 6.07) is 10.3. The van der Waals surface area contributed by atoms with E-state index in [1.807, 2.05) is 35.9 Å². The highest BCUT2D eigenvalue weighted by Gasteiger charge is 2.15. The number of aromatic nitrogens is 4. The minimum absolute atomic E-state index is 0.0894. The number of carbonyl (C=O) groups excluding carboxylic acids is 1. The van der Waals surface area contributed by atoms with Crippen molar-refractivity contribution in [3.8, 4) is 0 Å². The summed E-state index contributed by atoms with van der Waals surface area (Å²) in [7, 11) is 0.